The van der Waals surface area contributed by atoms with Gasteiger partial charge in [0.1, 0.15) is 5.65 Å². The van der Waals surface area contributed by atoms with Gasteiger partial charge in [-0.3, -0.25) is 9.59 Å². The van der Waals surface area contributed by atoms with Gasteiger partial charge in [-0.2, -0.15) is 0 Å². The Morgan fingerprint density at radius 1 is 1.47 bits per heavy atom. The number of carboxylic acids is 1. The van der Waals surface area contributed by atoms with E-state index in [4.69, 9.17) is 5.11 Å². The topological polar surface area (TPSA) is 83.0 Å². The Bertz CT molecular complexity index is 661. The number of hydrogen-bond donors (Lipinski definition) is 2. The van der Waals surface area contributed by atoms with Crippen molar-refractivity contribution in [2.75, 3.05) is 0 Å². The number of fused-ring (bicyclic) bond motifs is 1. The molecule has 0 radical (unpaired) electrons. The van der Waals surface area contributed by atoms with E-state index in [1.54, 1.807) is 18.5 Å². The van der Waals surface area contributed by atoms with Crippen molar-refractivity contribution in [1.29, 1.82) is 0 Å². The summed E-state index contributed by atoms with van der Waals surface area (Å²) in [6.07, 6.45) is 3.15. The molecule has 0 atom stereocenters. The van der Waals surface area contributed by atoms with Crippen molar-refractivity contribution >= 4 is 38.7 Å². The molecule has 2 N–H and O–H groups in total. The fraction of sp³-hybridized carbons (Fsp3) is 0.308. The number of halogens is 1. The van der Waals surface area contributed by atoms with Gasteiger partial charge in [-0.25, -0.2) is 4.98 Å². The zero-order chi connectivity index (χ0) is 14.2. The molecule has 0 fully saturated rings. The number of rotatable bonds is 4. The number of Topliss-reactive ketones (excluding diaryl/α,β-unsaturated/α-hetero) is 1. The molecule has 6 heteroatoms. The van der Waals surface area contributed by atoms with Gasteiger partial charge in [-0.15, -0.1) is 0 Å². The molecule has 19 heavy (non-hydrogen) atoms. The fourth-order valence-electron chi connectivity index (χ4n) is 1.78. The molecule has 0 aliphatic carbocycles. The summed E-state index contributed by atoms with van der Waals surface area (Å²) in [6, 6.07) is 1.79. The van der Waals surface area contributed by atoms with Crippen LogP contribution in [0.15, 0.2) is 22.9 Å². The minimum absolute atomic E-state index is 0.0538. The lowest BCUT2D eigenvalue weighted by Gasteiger charge is -2.17. The molecule has 0 unspecified atom stereocenters. The van der Waals surface area contributed by atoms with E-state index in [0.717, 1.165) is 4.47 Å². The maximum atomic E-state index is 12.2. The fourth-order valence-corrected chi connectivity index (χ4v) is 2.11. The van der Waals surface area contributed by atoms with Crippen LogP contribution in [0.2, 0.25) is 0 Å². The normalized spacial score (nSPS) is 11.7. The quantitative estimate of drug-likeness (QED) is 0.847. The van der Waals surface area contributed by atoms with Crippen LogP contribution in [0.5, 0.6) is 0 Å². The van der Waals surface area contributed by atoms with Crippen molar-refractivity contribution in [3.63, 3.8) is 0 Å². The SMILES string of the molecule is CC(C)(CC(=O)c1c[nH]c2ncc(Br)cc12)C(=O)O. The van der Waals surface area contributed by atoms with Gasteiger partial charge in [0, 0.05) is 34.2 Å². The van der Waals surface area contributed by atoms with Crippen molar-refractivity contribution in [2.24, 2.45) is 5.41 Å². The second kappa shape index (κ2) is 4.77. The highest BCUT2D eigenvalue weighted by Gasteiger charge is 2.31. The van der Waals surface area contributed by atoms with Gasteiger partial charge in [0.2, 0.25) is 0 Å². The molecule has 0 saturated carbocycles. The zero-order valence-electron chi connectivity index (χ0n) is 10.5. The largest absolute Gasteiger partial charge is 0.481 e. The molecule has 0 saturated heterocycles. The van der Waals surface area contributed by atoms with Crippen LogP contribution in [-0.2, 0) is 4.79 Å². The smallest absolute Gasteiger partial charge is 0.309 e. The Balaban J connectivity index is 2.37. The highest BCUT2D eigenvalue weighted by Crippen LogP contribution is 2.27. The highest BCUT2D eigenvalue weighted by atomic mass is 79.9. The average molecular weight is 325 g/mol. The molecular formula is C13H13BrN2O3. The second-order valence-electron chi connectivity index (χ2n) is 5.04. The second-order valence-corrected chi connectivity index (χ2v) is 5.96. The van der Waals surface area contributed by atoms with E-state index < -0.39 is 11.4 Å². The van der Waals surface area contributed by atoms with Crippen LogP contribution in [0, 0.1) is 5.41 Å². The van der Waals surface area contributed by atoms with Crippen molar-refractivity contribution in [3.05, 3.63) is 28.5 Å². The average Bonchev–Trinajstić information content (AvgIpc) is 2.70. The van der Waals surface area contributed by atoms with Crippen LogP contribution in [0.4, 0.5) is 0 Å². The van der Waals surface area contributed by atoms with Crippen LogP contribution in [0.3, 0.4) is 0 Å². The minimum Gasteiger partial charge on any atom is -0.481 e. The van der Waals surface area contributed by atoms with Crippen LogP contribution in [0.1, 0.15) is 30.6 Å². The lowest BCUT2D eigenvalue weighted by Crippen LogP contribution is -2.26. The number of nitrogens with zero attached hydrogens (tertiary/aromatic N) is 1. The summed E-state index contributed by atoms with van der Waals surface area (Å²) in [6.45, 7) is 3.08. The van der Waals surface area contributed by atoms with Crippen molar-refractivity contribution < 1.29 is 14.7 Å². The molecule has 2 aromatic rings. The molecule has 0 spiro atoms. The van der Waals surface area contributed by atoms with Gasteiger partial charge >= 0.3 is 5.97 Å². The number of carbonyl (C=O) groups excluding carboxylic acids is 1. The molecule has 2 heterocycles. The summed E-state index contributed by atoms with van der Waals surface area (Å²) in [5.41, 5.74) is -0.00191. The van der Waals surface area contributed by atoms with Crippen LogP contribution in [0.25, 0.3) is 11.0 Å². The number of H-pyrrole nitrogens is 1. The van der Waals surface area contributed by atoms with E-state index in [9.17, 15) is 9.59 Å². The number of hydrogen-bond acceptors (Lipinski definition) is 3. The monoisotopic (exact) mass is 324 g/mol. The number of ketones is 1. The van der Waals surface area contributed by atoms with E-state index in [-0.39, 0.29) is 12.2 Å². The summed E-state index contributed by atoms with van der Waals surface area (Å²) >= 11 is 3.30. The van der Waals surface area contributed by atoms with Gasteiger partial charge in [0.05, 0.1) is 5.41 Å². The highest BCUT2D eigenvalue weighted by molar-refractivity contribution is 9.10. The standard InChI is InChI=1S/C13H13BrN2O3/c1-13(2,12(18)19)4-10(17)9-6-16-11-8(9)3-7(14)5-15-11/h3,5-6H,4H2,1-2H3,(H,15,16)(H,18,19). The number of carboxylic acid groups (broad SMARTS) is 1. The lowest BCUT2D eigenvalue weighted by atomic mass is 9.86. The maximum Gasteiger partial charge on any atom is 0.309 e. The number of aromatic amines is 1. The molecule has 0 bridgehead atoms. The first-order chi connectivity index (χ1) is 8.81. The molecule has 5 nitrogen and oxygen atoms in total. The zero-order valence-corrected chi connectivity index (χ0v) is 12.1. The van der Waals surface area contributed by atoms with Gasteiger partial charge in [-0.1, -0.05) is 0 Å². The number of aromatic nitrogens is 2. The summed E-state index contributed by atoms with van der Waals surface area (Å²) in [5, 5.41) is 9.76. The lowest BCUT2D eigenvalue weighted by molar-refractivity contribution is -0.146. The number of pyridine rings is 1. The van der Waals surface area contributed by atoms with E-state index in [1.807, 2.05) is 0 Å². The number of carbonyl (C=O) groups is 2. The minimum atomic E-state index is -1.08. The maximum absolute atomic E-state index is 12.2. The van der Waals surface area contributed by atoms with Crippen molar-refractivity contribution in [3.8, 4) is 0 Å². The Morgan fingerprint density at radius 3 is 2.79 bits per heavy atom. The third-order valence-electron chi connectivity index (χ3n) is 2.98. The van der Waals surface area contributed by atoms with Gasteiger partial charge in [0.15, 0.2) is 5.78 Å². The van der Waals surface area contributed by atoms with Crippen molar-refractivity contribution in [2.45, 2.75) is 20.3 Å². The van der Waals surface area contributed by atoms with E-state index in [2.05, 4.69) is 25.9 Å². The third-order valence-corrected chi connectivity index (χ3v) is 3.41. The molecule has 0 amide bonds. The van der Waals surface area contributed by atoms with E-state index in [1.165, 1.54) is 13.8 Å². The first-order valence-corrected chi connectivity index (χ1v) is 6.50. The predicted octanol–water partition coefficient (Wildman–Crippen LogP) is 3.01. The summed E-state index contributed by atoms with van der Waals surface area (Å²) in [5.74, 6) is -1.20. The summed E-state index contributed by atoms with van der Waals surface area (Å²) in [7, 11) is 0. The molecule has 2 rings (SSSR count). The van der Waals surface area contributed by atoms with E-state index >= 15 is 0 Å². The first-order valence-electron chi connectivity index (χ1n) is 5.70. The van der Waals surface area contributed by atoms with Crippen molar-refractivity contribution in [1.82, 2.24) is 9.97 Å². The first kappa shape index (κ1) is 13.7. The summed E-state index contributed by atoms with van der Waals surface area (Å²) in [4.78, 5) is 30.3. The number of nitrogens with one attached hydrogen (secondary N) is 1. The van der Waals surface area contributed by atoms with Crippen LogP contribution >= 0.6 is 15.9 Å². The summed E-state index contributed by atoms with van der Waals surface area (Å²) < 4.78 is 0.770. The third kappa shape index (κ3) is 2.68. The van der Waals surface area contributed by atoms with Crippen LogP contribution in [-0.4, -0.2) is 26.8 Å². The van der Waals surface area contributed by atoms with Gasteiger partial charge < -0.3 is 10.1 Å². The van der Waals surface area contributed by atoms with Gasteiger partial charge in [-0.05, 0) is 35.8 Å². The Labute approximate surface area is 118 Å². The molecule has 0 aliphatic heterocycles. The molecular weight excluding hydrogens is 312 g/mol. The number of aliphatic carboxylic acids is 1. The molecule has 2 aromatic heterocycles. The predicted molar refractivity (Wildman–Crippen MR) is 74.2 cm³/mol. The van der Waals surface area contributed by atoms with Crippen LogP contribution < -0.4 is 0 Å². The Morgan fingerprint density at radius 2 is 2.16 bits per heavy atom. The Hall–Kier alpha value is -1.69. The Kier molecular flexibility index (Phi) is 3.45. The van der Waals surface area contributed by atoms with E-state index in [0.29, 0.717) is 16.6 Å². The van der Waals surface area contributed by atoms with Gasteiger partial charge in [0.25, 0.3) is 0 Å². The molecule has 0 aromatic carbocycles. The molecule has 100 valence electrons. The molecule has 0 aliphatic rings.